The van der Waals surface area contributed by atoms with E-state index in [0.717, 1.165) is 36.4 Å². The Morgan fingerprint density at radius 3 is 2.97 bits per heavy atom. The van der Waals surface area contributed by atoms with Crippen molar-refractivity contribution in [1.29, 1.82) is 0 Å². The standard InChI is InChI=1S/C20H20Cl2N4O3/c21-15-2-1-14-16(26-7-5-23-12-26)9-17(24-20(14)19(15)22)25-6-3-13(10-25)11-29-8-4-18(27)28/h1-2,5,7,9,12-13H,3-4,6,8,10-11H2,(H,27,28)/t13-/m0/s1. The summed E-state index contributed by atoms with van der Waals surface area (Å²) in [5.74, 6) is 0.298. The molecule has 1 aliphatic heterocycles. The molecule has 4 rings (SSSR count). The number of hydrogen-bond acceptors (Lipinski definition) is 5. The van der Waals surface area contributed by atoms with Crippen LogP contribution in [0.4, 0.5) is 5.82 Å². The molecule has 0 bridgehead atoms. The Hall–Kier alpha value is -2.35. The van der Waals surface area contributed by atoms with Gasteiger partial charge in [0.2, 0.25) is 0 Å². The normalized spacial score (nSPS) is 16.6. The topological polar surface area (TPSA) is 80.5 Å². The highest BCUT2D eigenvalue weighted by Gasteiger charge is 2.25. The lowest BCUT2D eigenvalue weighted by atomic mass is 10.1. The van der Waals surface area contributed by atoms with Crippen LogP contribution in [0.2, 0.25) is 10.0 Å². The molecule has 9 heteroatoms. The number of imidazole rings is 1. The van der Waals surface area contributed by atoms with Crippen molar-refractivity contribution < 1.29 is 14.6 Å². The van der Waals surface area contributed by atoms with Crippen LogP contribution in [-0.4, -0.2) is 51.9 Å². The zero-order valence-corrected chi connectivity index (χ0v) is 17.1. The number of ether oxygens (including phenoxy) is 1. The molecule has 1 N–H and O–H groups in total. The Morgan fingerprint density at radius 2 is 2.21 bits per heavy atom. The number of carboxylic acid groups (broad SMARTS) is 1. The maximum atomic E-state index is 10.6. The van der Waals surface area contributed by atoms with Crippen LogP contribution < -0.4 is 4.90 Å². The van der Waals surface area contributed by atoms with Crippen LogP contribution >= 0.6 is 23.2 Å². The summed E-state index contributed by atoms with van der Waals surface area (Å²) in [6.45, 7) is 2.40. The predicted molar refractivity (Wildman–Crippen MR) is 112 cm³/mol. The number of nitrogens with zero attached hydrogens (tertiary/aromatic N) is 4. The fourth-order valence-corrected chi connectivity index (χ4v) is 3.93. The monoisotopic (exact) mass is 434 g/mol. The number of fused-ring (bicyclic) bond motifs is 1. The maximum Gasteiger partial charge on any atom is 0.305 e. The van der Waals surface area contributed by atoms with Crippen molar-refractivity contribution in [3.05, 3.63) is 47.0 Å². The van der Waals surface area contributed by atoms with E-state index in [1.807, 2.05) is 22.9 Å². The average molecular weight is 435 g/mol. The highest BCUT2D eigenvalue weighted by atomic mass is 35.5. The Morgan fingerprint density at radius 1 is 1.34 bits per heavy atom. The zero-order valence-electron chi connectivity index (χ0n) is 15.6. The van der Waals surface area contributed by atoms with E-state index < -0.39 is 5.97 Å². The smallest absolute Gasteiger partial charge is 0.305 e. The molecule has 3 aromatic rings. The minimum Gasteiger partial charge on any atom is -0.481 e. The fraction of sp³-hybridized carbons (Fsp3) is 0.350. The summed E-state index contributed by atoms with van der Waals surface area (Å²) in [7, 11) is 0. The van der Waals surface area contributed by atoms with Gasteiger partial charge in [0.05, 0.1) is 47.2 Å². The Balaban J connectivity index is 1.59. The highest BCUT2D eigenvalue weighted by Crippen LogP contribution is 2.35. The molecule has 0 radical (unpaired) electrons. The number of anilines is 1. The molecule has 0 unspecified atom stereocenters. The summed E-state index contributed by atoms with van der Waals surface area (Å²) in [6.07, 6.45) is 6.32. The summed E-state index contributed by atoms with van der Waals surface area (Å²) in [6, 6.07) is 5.72. The van der Waals surface area contributed by atoms with Gasteiger partial charge in [-0.3, -0.25) is 4.79 Å². The first-order valence-corrected chi connectivity index (χ1v) is 10.1. The number of aromatic nitrogens is 3. The van der Waals surface area contributed by atoms with Crippen molar-refractivity contribution in [3.63, 3.8) is 0 Å². The van der Waals surface area contributed by atoms with Gasteiger partial charge < -0.3 is 19.3 Å². The van der Waals surface area contributed by atoms with Gasteiger partial charge in [0.15, 0.2) is 0 Å². The number of carbonyl (C=O) groups is 1. The van der Waals surface area contributed by atoms with E-state index in [1.54, 1.807) is 18.6 Å². The molecule has 1 fully saturated rings. The number of rotatable bonds is 7. The Labute approximate surface area is 177 Å². The second-order valence-electron chi connectivity index (χ2n) is 7.05. The quantitative estimate of drug-likeness (QED) is 0.565. The summed E-state index contributed by atoms with van der Waals surface area (Å²) in [5.41, 5.74) is 1.59. The molecule has 2 aromatic heterocycles. The summed E-state index contributed by atoms with van der Waals surface area (Å²) in [4.78, 5) is 21.7. The average Bonchev–Trinajstić information content (AvgIpc) is 3.39. The maximum absolute atomic E-state index is 10.6. The molecule has 1 atom stereocenters. The lowest BCUT2D eigenvalue weighted by molar-refractivity contribution is -0.138. The van der Waals surface area contributed by atoms with Gasteiger partial charge in [-0.15, -0.1) is 0 Å². The molecule has 3 heterocycles. The summed E-state index contributed by atoms with van der Waals surface area (Å²) in [5, 5.41) is 10.5. The van der Waals surface area contributed by atoms with E-state index in [4.69, 9.17) is 38.0 Å². The minimum absolute atomic E-state index is 0.0240. The first-order valence-electron chi connectivity index (χ1n) is 9.34. The van der Waals surface area contributed by atoms with E-state index in [1.165, 1.54) is 0 Å². The van der Waals surface area contributed by atoms with Crippen LogP contribution in [0, 0.1) is 5.92 Å². The lowest BCUT2D eigenvalue weighted by Crippen LogP contribution is -2.22. The number of pyridine rings is 1. The second kappa shape index (κ2) is 8.57. The van der Waals surface area contributed by atoms with Crippen molar-refractivity contribution in [2.45, 2.75) is 12.8 Å². The van der Waals surface area contributed by atoms with Crippen molar-refractivity contribution >= 4 is 45.9 Å². The molecular weight excluding hydrogens is 415 g/mol. The van der Waals surface area contributed by atoms with Gasteiger partial charge >= 0.3 is 5.97 Å². The third-order valence-corrected chi connectivity index (χ3v) is 5.84. The number of hydrogen-bond donors (Lipinski definition) is 1. The van der Waals surface area contributed by atoms with Gasteiger partial charge in [0.25, 0.3) is 0 Å². The summed E-state index contributed by atoms with van der Waals surface area (Å²) < 4.78 is 7.45. The minimum atomic E-state index is -0.846. The third-order valence-electron chi connectivity index (χ3n) is 5.04. The molecule has 7 nitrogen and oxygen atoms in total. The number of benzene rings is 1. The van der Waals surface area contributed by atoms with Gasteiger partial charge in [-0.05, 0) is 18.6 Å². The third kappa shape index (κ3) is 4.32. The number of carboxylic acids is 1. The van der Waals surface area contributed by atoms with Gasteiger partial charge in [-0.25, -0.2) is 9.97 Å². The molecule has 0 amide bonds. The first kappa shape index (κ1) is 19.9. The molecule has 152 valence electrons. The molecule has 0 spiro atoms. The van der Waals surface area contributed by atoms with E-state index in [0.29, 0.717) is 28.1 Å². The largest absolute Gasteiger partial charge is 0.481 e. The molecular formula is C20H20Cl2N4O3. The molecule has 29 heavy (non-hydrogen) atoms. The van der Waals surface area contributed by atoms with Crippen molar-refractivity contribution in [2.75, 3.05) is 31.2 Å². The molecule has 1 aliphatic rings. The summed E-state index contributed by atoms with van der Waals surface area (Å²) >= 11 is 12.7. The zero-order chi connectivity index (χ0) is 20.4. The highest BCUT2D eigenvalue weighted by molar-refractivity contribution is 6.45. The molecule has 1 saturated heterocycles. The Kier molecular flexibility index (Phi) is 5.89. The number of halogens is 2. The van der Waals surface area contributed by atoms with Crippen molar-refractivity contribution in [2.24, 2.45) is 5.92 Å². The SMILES string of the molecule is O=C(O)CCOC[C@H]1CCN(c2cc(-n3ccnc3)c3ccc(Cl)c(Cl)c3n2)C1. The van der Waals surface area contributed by atoms with Crippen LogP contribution in [0.25, 0.3) is 16.6 Å². The molecule has 0 aliphatic carbocycles. The van der Waals surface area contributed by atoms with Gasteiger partial charge in [0.1, 0.15) is 5.82 Å². The van der Waals surface area contributed by atoms with Crippen molar-refractivity contribution in [3.8, 4) is 5.69 Å². The Bertz CT molecular complexity index is 1030. The molecule has 0 saturated carbocycles. The van der Waals surface area contributed by atoms with E-state index in [-0.39, 0.29) is 13.0 Å². The van der Waals surface area contributed by atoms with Crippen LogP contribution in [-0.2, 0) is 9.53 Å². The number of aliphatic carboxylic acids is 1. The van der Waals surface area contributed by atoms with E-state index in [9.17, 15) is 4.79 Å². The van der Waals surface area contributed by atoms with Crippen LogP contribution in [0.1, 0.15) is 12.8 Å². The van der Waals surface area contributed by atoms with Crippen LogP contribution in [0.5, 0.6) is 0 Å². The predicted octanol–water partition coefficient (Wildman–Crippen LogP) is 4.04. The van der Waals surface area contributed by atoms with Gasteiger partial charge in [-0.2, -0.15) is 0 Å². The second-order valence-corrected chi connectivity index (χ2v) is 7.83. The van der Waals surface area contributed by atoms with Gasteiger partial charge in [-0.1, -0.05) is 23.2 Å². The first-order chi connectivity index (χ1) is 14.0. The fourth-order valence-electron chi connectivity index (χ4n) is 3.57. The van der Waals surface area contributed by atoms with Crippen LogP contribution in [0.15, 0.2) is 36.9 Å². The van der Waals surface area contributed by atoms with Crippen molar-refractivity contribution in [1.82, 2.24) is 14.5 Å². The van der Waals surface area contributed by atoms with E-state index >= 15 is 0 Å². The van der Waals surface area contributed by atoms with Gasteiger partial charge in [0, 0.05) is 42.9 Å². The van der Waals surface area contributed by atoms with E-state index in [2.05, 4.69) is 9.88 Å². The van der Waals surface area contributed by atoms with Crippen LogP contribution in [0.3, 0.4) is 0 Å². The molecule has 1 aromatic carbocycles. The lowest BCUT2D eigenvalue weighted by Gasteiger charge is -2.20.